The average molecular weight is 238 g/mol. The maximum absolute atomic E-state index is 11.7. The number of nitrogens with one attached hydrogen (secondary N) is 2. The van der Waals surface area contributed by atoms with Gasteiger partial charge in [-0.25, -0.2) is 0 Å². The third kappa shape index (κ3) is 3.70. The van der Waals surface area contributed by atoms with Crippen molar-refractivity contribution in [2.24, 2.45) is 11.8 Å². The van der Waals surface area contributed by atoms with Crippen molar-refractivity contribution in [2.45, 2.75) is 64.5 Å². The van der Waals surface area contributed by atoms with E-state index in [1.807, 2.05) is 13.8 Å². The highest BCUT2D eigenvalue weighted by atomic mass is 16.2. The van der Waals surface area contributed by atoms with Crippen LogP contribution in [0.5, 0.6) is 0 Å². The van der Waals surface area contributed by atoms with E-state index in [0.717, 1.165) is 18.4 Å². The summed E-state index contributed by atoms with van der Waals surface area (Å²) in [6.45, 7) is 4.67. The molecule has 2 N–H and O–H groups in total. The van der Waals surface area contributed by atoms with Gasteiger partial charge in [-0.1, -0.05) is 12.8 Å². The highest BCUT2D eigenvalue weighted by molar-refractivity contribution is 5.81. The van der Waals surface area contributed by atoms with Crippen molar-refractivity contribution in [1.29, 1.82) is 0 Å². The molecule has 3 unspecified atom stereocenters. The Morgan fingerprint density at radius 2 is 2.00 bits per heavy atom. The molecule has 0 aliphatic heterocycles. The normalized spacial score (nSPS) is 30.9. The Morgan fingerprint density at radius 1 is 1.24 bits per heavy atom. The second-order valence-corrected chi connectivity index (χ2v) is 5.74. The van der Waals surface area contributed by atoms with Gasteiger partial charge in [-0.15, -0.1) is 0 Å². The summed E-state index contributed by atoms with van der Waals surface area (Å²) in [6, 6.07) is 0.518. The van der Waals surface area contributed by atoms with Gasteiger partial charge in [0.05, 0.1) is 6.04 Å². The largest absolute Gasteiger partial charge is 0.355 e. The van der Waals surface area contributed by atoms with Gasteiger partial charge in [0.15, 0.2) is 0 Å². The molecule has 1 amide bonds. The summed E-state index contributed by atoms with van der Waals surface area (Å²) >= 11 is 0. The van der Waals surface area contributed by atoms with Crippen LogP contribution in [0.4, 0.5) is 0 Å². The zero-order valence-electron chi connectivity index (χ0n) is 11.2. The Balaban J connectivity index is 1.75. The summed E-state index contributed by atoms with van der Waals surface area (Å²) in [5.74, 6) is 2.09. The van der Waals surface area contributed by atoms with Gasteiger partial charge in [-0.05, 0) is 51.4 Å². The maximum atomic E-state index is 11.7. The molecule has 2 fully saturated rings. The van der Waals surface area contributed by atoms with Crippen molar-refractivity contribution >= 4 is 5.91 Å². The highest BCUT2D eigenvalue weighted by Crippen LogP contribution is 2.43. The van der Waals surface area contributed by atoms with Gasteiger partial charge in [0.2, 0.25) is 5.91 Å². The lowest BCUT2D eigenvalue weighted by Gasteiger charge is -2.31. The van der Waals surface area contributed by atoms with Gasteiger partial charge in [-0.2, -0.15) is 0 Å². The number of rotatable bonds is 5. The van der Waals surface area contributed by atoms with Gasteiger partial charge in [0.25, 0.3) is 0 Å². The molecule has 17 heavy (non-hydrogen) atoms. The van der Waals surface area contributed by atoms with E-state index in [9.17, 15) is 4.79 Å². The summed E-state index contributed by atoms with van der Waals surface area (Å²) in [4.78, 5) is 11.7. The van der Waals surface area contributed by atoms with Gasteiger partial charge in [0.1, 0.15) is 0 Å². The van der Waals surface area contributed by atoms with E-state index >= 15 is 0 Å². The molecule has 98 valence electrons. The first kappa shape index (κ1) is 12.9. The van der Waals surface area contributed by atoms with Gasteiger partial charge in [-0.3, -0.25) is 4.79 Å². The molecule has 0 bridgehead atoms. The maximum Gasteiger partial charge on any atom is 0.236 e. The van der Waals surface area contributed by atoms with Crippen molar-refractivity contribution in [3.63, 3.8) is 0 Å². The van der Waals surface area contributed by atoms with Crippen LogP contribution in [0.25, 0.3) is 0 Å². The molecule has 0 aromatic rings. The minimum Gasteiger partial charge on any atom is -0.355 e. The minimum atomic E-state index is -0.0436. The van der Waals surface area contributed by atoms with E-state index in [1.54, 1.807) is 0 Å². The van der Waals surface area contributed by atoms with E-state index in [0.29, 0.717) is 6.04 Å². The number of carbonyl (C=O) groups excluding carboxylic acids is 1. The molecule has 0 heterocycles. The Morgan fingerprint density at radius 3 is 2.65 bits per heavy atom. The van der Waals surface area contributed by atoms with Crippen molar-refractivity contribution < 1.29 is 4.79 Å². The fraction of sp³-hybridized carbons (Fsp3) is 0.929. The molecule has 0 radical (unpaired) electrons. The Bertz CT molecular complexity index is 263. The van der Waals surface area contributed by atoms with Crippen LogP contribution in [0.2, 0.25) is 0 Å². The molecule has 0 saturated heterocycles. The minimum absolute atomic E-state index is 0.0436. The average Bonchev–Trinajstić information content (AvgIpc) is 3.13. The highest BCUT2D eigenvalue weighted by Gasteiger charge is 2.35. The van der Waals surface area contributed by atoms with Gasteiger partial charge < -0.3 is 10.6 Å². The van der Waals surface area contributed by atoms with Crippen LogP contribution < -0.4 is 10.6 Å². The molecule has 0 spiro atoms. The van der Waals surface area contributed by atoms with E-state index < -0.39 is 0 Å². The standard InChI is InChI=1S/C14H26N2O/c1-3-15-14(17)10(2)16-13-6-4-5-12(9-13)11-7-8-11/h10-13,16H,3-9H2,1-2H3,(H,15,17). The Kier molecular flexibility index (Phi) is 4.43. The first-order chi connectivity index (χ1) is 8.20. The topological polar surface area (TPSA) is 41.1 Å². The molecule has 2 aliphatic rings. The second-order valence-electron chi connectivity index (χ2n) is 5.74. The Labute approximate surface area is 105 Å². The molecule has 0 aromatic carbocycles. The van der Waals surface area contributed by atoms with Crippen LogP contribution in [0.15, 0.2) is 0 Å². The first-order valence-electron chi connectivity index (χ1n) is 7.24. The first-order valence-corrected chi connectivity index (χ1v) is 7.24. The molecule has 3 heteroatoms. The SMILES string of the molecule is CCNC(=O)C(C)NC1CCCC(C2CC2)C1. The molecule has 2 aliphatic carbocycles. The number of hydrogen-bond acceptors (Lipinski definition) is 2. The van der Waals surface area contributed by atoms with Crippen LogP contribution in [-0.4, -0.2) is 24.5 Å². The lowest BCUT2D eigenvalue weighted by molar-refractivity contribution is -0.122. The van der Waals surface area contributed by atoms with Crippen molar-refractivity contribution in [3.05, 3.63) is 0 Å². The number of amides is 1. The van der Waals surface area contributed by atoms with E-state index in [4.69, 9.17) is 0 Å². The molecule has 3 nitrogen and oxygen atoms in total. The molecule has 2 rings (SSSR count). The summed E-state index contributed by atoms with van der Waals surface area (Å²) in [5, 5.41) is 6.38. The van der Waals surface area contributed by atoms with E-state index in [-0.39, 0.29) is 11.9 Å². The number of likely N-dealkylation sites (N-methyl/N-ethyl adjacent to an activating group) is 1. The van der Waals surface area contributed by atoms with Crippen LogP contribution in [0, 0.1) is 11.8 Å². The van der Waals surface area contributed by atoms with Crippen LogP contribution in [-0.2, 0) is 4.79 Å². The lowest BCUT2D eigenvalue weighted by atomic mass is 9.82. The summed E-state index contributed by atoms with van der Waals surface area (Å²) in [6.07, 6.45) is 8.17. The zero-order valence-corrected chi connectivity index (χ0v) is 11.2. The predicted molar refractivity (Wildman–Crippen MR) is 69.8 cm³/mol. The summed E-state index contributed by atoms with van der Waals surface area (Å²) in [7, 11) is 0. The molecule has 3 atom stereocenters. The quantitative estimate of drug-likeness (QED) is 0.770. The van der Waals surface area contributed by atoms with Crippen LogP contribution >= 0.6 is 0 Å². The molecule has 2 saturated carbocycles. The smallest absolute Gasteiger partial charge is 0.236 e. The van der Waals surface area contributed by atoms with Gasteiger partial charge >= 0.3 is 0 Å². The third-order valence-corrected chi connectivity index (χ3v) is 4.23. The fourth-order valence-corrected chi connectivity index (χ4v) is 3.13. The fourth-order valence-electron chi connectivity index (χ4n) is 3.13. The van der Waals surface area contributed by atoms with E-state index in [1.165, 1.54) is 38.5 Å². The number of carbonyl (C=O) groups is 1. The molecular weight excluding hydrogens is 212 g/mol. The van der Waals surface area contributed by atoms with Crippen molar-refractivity contribution in [1.82, 2.24) is 10.6 Å². The third-order valence-electron chi connectivity index (χ3n) is 4.23. The molecular formula is C14H26N2O. The number of hydrogen-bond donors (Lipinski definition) is 2. The van der Waals surface area contributed by atoms with Crippen molar-refractivity contribution in [3.8, 4) is 0 Å². The monoisotopic (exact) mass is 238 g/mol. The van der Waals surface area contributed by atoms with Gasteiger partial charge in [0, 0.05) is 12.6 Å². The molecule has 0 aromatic heterocycles. The van der Waals surface area contributed by atoms with Crippen molar-refractivity contribution in [2.75, 3.05) is 6.54 Å². The van der Waals surface area contributed by atoms with Crippen LogP contribution in [0.1, 0.15) is 52.4 Å². The Hall–Kier alpha value is -0.570. The predicted octanol–water partition coefficient (Wildman–Crippen LogP) is 2.07. The summed E-state index contributed by atoms with van der Waals surface area (Å²) < 4.78 is 0. The second kappa shape index (κ2) is 5.85. The summed E-state index contributed by atoms with van der Waals surface area (Å²) in [5.41, 5.74) is 0. The zero-order chi connectivity index (χ0) is 12.3. The van der Waals surface area contributed by atoms with E-state index in [2.05, 4.69) is 10.6 Å². The lowest BCUT2D eigenvalue weighted by Crippen LogP contribution is -2.48. The van der Waals surface area contributed by atoms with Crippen LogP contribution in [0.3, 0.4) is 0 Å².